The van der Waals surface area contributed by atoms with Crippen molar-refractivity contribution in [1.29, 1.82) is 0 Å². The van der Waals surface area contributed by atoms with Gasteiger partial charge in [0.05, 0.1) is 0 Å². The van der Waals surface area contributed by atoms with Gasteiger partial charge in [-0.05, 0) is 19.1 Å². The fourth-order valence-corrected chi connectivity index (χ4v) is 1.12. The van der Waals surface area contributed by atoms with Gasteiger partial charge in [0.2, 0.25) is 0 Å². The van der Waals surface area contributed by atoms with Gasteiger partial charge in [0.1, 0.15) is 6.10 Å². The number of rotatable bonds is 2. The van der Waals surface area contributed by atoms with Crippen LogP contribution >= 0.6 is 15.9 Å². The van der Waals surface area contributed by atoms with E-state index >= 15 is 0 Å². The van der Waals surface area contributed by atoms with Gasteiger partial charge < -0.3 is 5.11 Å². The van der Waals surface area contributed by atoms with E-state index < -0.39 is 6.10 Å². The molecule has 1 aromatic rings. The molecule has 1 atom stereocenters. The van der Waals surface area contributed by atoms with E-state index in [1.165, 1.54) is 6.92 Å². The number of carbonyl (C=O) groups excluding carboxylic acids is 1. The van der Waals surface area contributed by atoms with E-state index in [2.05, 4.69) is 15.9 Å². The molecule has 0 fully saturated rings. The van der Waals surface area contributed by atoms with Crippen LogP contribution in [0.15, 0.2) is 28.7 Å². The molecule has 1 aromatic carbocycles. The first-order valence-corrected chi connectivity index (χ1v) is 4.38. The molecule has 3 heteroatoms. The summed E-state index contributed by atoms with van der Waals surface area (Å²) in [6, 6.07) is 6.91. The summed E-state index contributed by atoms with van der Waals surface area (Å²) in [5, 5.41) is 8.98. The summed E-state index contributed by atoms with van der Waals surface area (Å²) in [4.78, 5) is 11.2. The van der Waals surface area contributed by atoms with Crippen molar-refractivity contribution in [2.75, 3.05) is 0 Å². The lowest BCUT2D eigenvalue weighted by molar-refractivity contribution is 0.0779. The number of aliphatic hydroxyl groups excluding tert-OH is 1. The number of benzene rings is 1. The quantitative estimate of drug-likeness (QED) is 0.787. The largest absolute Gasteiger partial charge is 0.385 e. The Morgan fingerprint density at radius 2 is 1.92 bits per heavy atom. The second-order valence-electron chi connectivity index (χ2n) is 2.55. The number of hydrogen-bond acceptors (Lipinski definition) is 2. The third kappa shape index (κ3) is 2.16. The molecule has 2 nitrogen and oxygen atoms in total. The molecule has 0 bridgehead atoms. The zero-order valence-electron chi connectivity index (χ0n) is 6.62. The van der Waals surface area contributed by atoms with E-state index in [0.29, 0.717) is 5.56 Å². The zero-order chi connectivity index (χ0) is 9.14. The average molecular weight is 229 g/mol. The van der Waals surface area contributed by atoms with Crippen molar-refractivity contribution in [3.05, 3.63) is 34.3 Å². The maximum Gasteiger partial charge on any atom is 0.190 e. The average Bonchev–Trinajstić information content (AvgIpc) is 2.04. The second-order valence-corrected chi connectivity index (χ2v) is 3.46. The standard InChI is InChI=1S/C9H9BrO2/c1-6(11)9(12)7-2-4-8(10)5-3-7/h2-6,11H,1H3. The minimum absolute atomic E-state index is 0.248. The van der Waals surface area contributed by atoms with Crippen molar-refractivity contribution >= 4 is 21.7 Å². The van der Waals surface area contributed by atoms with Gasteiger partial charge in [-0.1, -0.05) is 28.1 Å². The molecule has 0 amide bonds. The summed E-state index contributed by atoms with van der Waals surface area (Å²) in [7, 11) is 0. The second kappa shape index (κ2) is 3.83. The first-order valence-electron chi connectivity index (χ1n) is 3.59. The molecule has 0 spiro atoms. The first kappa shape index (κ1) is 9.42. The minimum atomic E-state index is -0.925. The summed E-state index contributed by atoms with van der Waals surface area (Å²) in [5.41, 5.74) is 0.535. The third-order valence-electron chi connectivity index (χ3n) is 1.51. The van der Waals surface area contributed by atoms with Crippen LogP contribution in [0.2, 0.25) is 0 Å². The minimum Gasteiger partial charge on any atom is -0.385 e. The number of carbonyl (C=O) groups is 1. The molecule has 0 aliphatic rings. The van der Waals surface area contributed by atoms with Gasteiger partial charge in [0, 0.05) is 10.0 Å². The van der Waals surface area contributed by atoms with Crippen molar-refractivity contribution in [1.82, 2.24) is 0 Å². The molecular formula is C9H9BrO2. The highest BCUT2D eigenvalue weighted by Crippen LogP contribution is 2.11. The van der Waals surface area contributed by atoms with Gasteiger partial charge in [0.25, 0.3) is 0 Å². The van der Waals surface area contributed by atoms with Crippen LogP contribution in [0.25, 0.3) is 0 Å². The molecule has 1 unspecified atom stereocenters. The Labute approximate surface area is 79.3 Å². The fraction of sp³-hybridized carbons (Fsp3) is 0.222. The molecular weight excluding hydrogens is 220 g/mol. The first-order chi connectivity index (χ1) is 5.61. The maximum absolute atomic E-state index is 11.2. The lowest BCUT2D eigenvalue weighted by Crippen LogP contribution is -2.15. The Hall–Kier alpha value is -0.670. The van der Waals surface area contributed by atoms with Crippen LogP contribution in [0.1, 0.15) is 17.3 Å². The Balaban J connectivity index is 2.90. The predicted octanol–water partition coefficient (Wildman–Crippen LogP) is 2.01. The van der Waals surface area contributed by atoms with Crippen molar-refractivity contribution < 1.29 is 9.90 Å². The summed E-state index contributed by atoms with van der Waals surface area (Å²) in [6.45, 7) is 1.46. The van der Waals surface area contributed by atoms with Gasteiger partial charge in [-0.3, -0.25) is 4.79 Å². The van der Waals surface area contributed by atoms with E-state index in [4.69, 9.17) is 5.11 Å². The molecule has 0 saturated carbocycles. The van der Waals surface area contributed by atoms with Crippen LogP contribution in [-0.4, -0.2) is 17.0 Å². The lowest BCUT2D eigenvalue weighted by Gasteiger charge is -2.02. The third-order valence-corrected chi connectivity index (χ3v) is 2.04. The van der Waals surface area contributed by atoms with Gasteiger partial charge in [-0.25, -0.2) is 0 Å². The summed E-state index contributed by atoms with van der Waals surface area (Å²) < 4.78 is 0.921. The Kier molecular flexibility index (Phi) is 3.00. The fourth-order valence-electron chi connectivity index (χ4n) is 0.855. The number of halogens is 1. The smallest absolute Gasteiger partial charge is 0.190 e. The summed E-state index contributed by atoms with van der Waals surface area (Å²) >= 11 is 3.26. The monoisotopic (exact) mass is 228 g/mol. The number of ketones is 1. The van der Waals surface area contributed by atoms with Crippen LogP contribution in [0, 0.1) is 0 Å². The highest BCUT2D eigenvalue weighted by Gasteiger charge is 2.10. The van der Waals surface area contributed by atoms with Crippen molar-refractivity contribution in [2.45, 2.75) is 13.0 Å². The number of aliphatic hydroxyl groups is 1. The highest BCUT2D eigenvalue weighted by atomic mass is 79.9. The molecule has 64 valence electrons. The summed E-state index contributed by atoms with van der Waals surface area (Å²) in [6.07, 6.45) is -0.925. The van der Waals surface area contributed by atoms with Gasteiger partial charge in [0.15, 0.2) is 5.78 Å². The van der Waals surface area contributed by atoms with Crippen molar-refractivity contribution in [2.24, 2.45) is 0 Å². The molecule has 0 aromatic heterocycles. The van der Waals surface area contributed by atoms with E-state index in [-0.39, 0.29) is 5.78 Å². The van der Waals surface area contributed by atoms with E-state index in [9.17, 15) is 4.79 Å². The molecule has 12 heavy (non-hydrogen) atoms. The van der Waals surface area contributed by atoms with Crippen LogP contribution in [0.4, 0.5) is 0 Å². The van der Waals surface area contributed by atoms with Crippen LogP contribution in [-0.2, 0) is 0 Å². The van der Waals surface area contributed by atoms with E-state index in [1.807, 2.05) is 0 Å². The molecule has 0 aliphatic heterocycles. The molecule has 1 rings (SSSR count). The molecule has 0 radical (unpaired) electrons. The topological polar surface area (TPSA) is 37.3 Å². The Bertz CT molecular complexity index is 277. The molecule has 0 heterocycles. The lowest BCUT2D eigenvalue weighted by atomic mass is 10.1. The number of hydrogen-bond donors (Lipinski definition) is 1. The van der Waals surface area contributed by atoms with Gasteiger partial charge in [-0.2, -0.15) is 0 Å². The van der Waals surface area contributed by atoms with Crippen LogP contribution < -0.4 is 0 Å². The summed E-state index contributed by atoms with van der Waals surface area (Å²) in [5.74, 6) is -0.248. The van der Waals surface area contributed by atoms with Crippen LogP contribution in [0.5, 0.6) is 0 Å². The maximum atomic E-state index is 11.2. The van der Waals surface area contributed by atoms with E-state index in [1.54, 1.807) is 24.3 Å². The zero-order valence-corrected chi connectivity index (χ0v) is 8.21. The van der Waals surface area contributed by atoms with Crippen LogP contribution in [0.3, 0.4) is 0 Å². The SMILES string of the molecule is CC(O)C(=O)c1ccc(Br)cc1. The molecule has 1 N–H and O–H groups in total. The van der Waals surface area contributed by atoms with Gasteiger partial charge in [-0.15, -0.1) is 0 Å². The van der Waals surface area contributed by atoms with Gasteiger partial charge >= 0.3 is 0 Å². The molecule has 0 aliphatic carbocycles. The molecule has 0 saturated heterocycles. The predicted molar refractivity (Wildman–Crippen MR) is 50.2 cm³/mol. The van der Waals surface area contributed by atoms with Crippen molar-refractivity contribution in [3.63, 3.8) is 0 Å². The Morgan fingerprint density at radius 1 is 1.42 bits per heavy atom. The number of Topliss-reactive ketones (excluding diaryl/α,β-unsaturated/α-hetero) is 1. The normalized spacial score (nSPS) is 12.6. The van der Waals surface area contributed by atoms with Crippen molar-refractivity contribution in [3.8, 4) is 0 Å². The Morgan fingerprint density at radius 3 is 2.33 bits per heavy atom. The highest BCUT2D eigenvalue weighted by molar-refractivity contribution is 9.10. The van der Waals surface area contributed by atoms with E-state index in [0.717, 1.165) is 4.47 Å².